The summed E-state index contributed by atoms with van der Waals surface area (Å²) in [5.74, 6) is -4.17. The summed E-state index contributed by atoms with van der Waals surface area (Å²) in [6, 6.07) is 10.5. The van der Waals surface area contributed by atoms with Gasteiger partial charge in [-0.15, -0.1) is 23.2 Å². The minimum absolute atomic E-state index is 0.0224. The number of hydrogen-bond acceptors (Lipinski definition) is 5. The lowest BCUT2D eigenvalue weighted by molar-refractivity contribution is -0.141. The number of aromatic hydroxyl groups is 1. The van der Waals surface area contributed by atoms with Gasteiger partial charge in [-0.05, 0) is 42.2 Å². The number of nitrogens with zero attached hydrogens (tertiary/aromatic N) is 2. The number of benzene rings is 2. The summed E-state index contributed by atoms with van der Waals surface area (Å²) in [4.78, 5) is 52.6. The first kappa shape index (κ1) is 24.4. The third kappa shape index (κ3) is 2.90. The number of alkyl halides is 2. The van der Waals surface area contributed by atoms with Gasteiger partial charge in [-0.25, -0.2) is 0 Å². The average Bonchev–Trinajstić information content (AvgIpc) is 3.20. The predicted molar refractivity (Wildman–Crippen MR) is 138 cm³/mol. The topological polar surface area (TPSA) is 95.0 Å². The standard InChI is InChI=1S/C28H26Cl2N2O5/c1-3-12-32-23(34)18-9-8-17-19(21(18)24(32)35)13-27(29)25(36)31(2)26(37)28(27,30)22(17)16-10-11-20(33)15-7-5-4-6-14(15)16/h4-8,10-11,18-19,21-22,33H,3,9,12-13H2,1-2H3/t18-,19+,21-,22-,27+,28-/m0/s1. The van der Waals surface area contributed by atoms with Crippen molar-refractivity contribution in [3.63, 3.8) is 0 Å². The Bertz CT molecular complexity index is 1440. The summed E-state index contributed by atoms with van der Waals surface area (Å²) in [6.07, 6.45) is 2.89. The van der Waals surface area contributed by atoms with Gasteiger partial charge >= 0.3 is 0 Å². The van der Waals surface area contributed by atoms with E-state index in [9.17, 15) is 24.3 Å². The van der Waals surface area contributed by atoms with E-state index in [2.05, 4.69) is 0 Å². The number of phenolic OH excluding ortho intramolecular Hbond substituents is 1. The number of carbonyl (C=O) groups is 4. The maximum absolute atomic E-state index is 13.7. The highest BCUT2D eigenvalue weighted by molar-refractivity contribution is 6.53. The molecule has 192 valence electrons. The molecule has 0 aromatic heterocycles. The minimum atomic E-state index is -1.84. The molecule has 6 atom stereocenters. The van der Waals surface area contributed by atoms with Gasteiger partial charge < -0.3 is 5.11 Å². The molecule has 2 aromatic rings. The Morgan fingerprint density at radius 1 is 0.973 bits per heavy atom. The van der Waals surface area contributed by atoms with Gasteiger partial charge in [-0.3, -0.25) is 29.0 Å². The maximum atomic E-state index is 13.7. The van der Waals surface area contributed by atoms with Gasteiger partial charge in [-0.2, -0.15) is 0 Å². The molecule has 2 aromatic carbocycles. The van der Waals surface area contributed by atoms with Crippen molar-refractivity contribution in [2.24, 2.45) is 17.8 Å². The van der Waals surface area contributed by atoms with E-state index < -0.39 is 45.2 Å². The second-order valence-electron chi connectivity index (χ2n) is 10.5. The van der Waals surface area contributed by atoms with Gasteiger partial charge in [0.2, 0.25) is 11.8 Å². The van der Waals surface area contributed by atoms with Crippen molar-refractivity contribution in [3.05, 3.63) is 53.6 Å². The molecule has 9 heteroatoms. The lowest BCUT2D eigenvalue weighted by Gasteiger charge is -2.51. The first-order valence-corrected chi connectivity index (χ1v) is 13.3. The van der Waals surface area contributed by atoms with Crippen molar-refractivity contribution in [1.29, 1.82) is 0 Å². The molecule has 4 aliphatic rings. The Kier molecular flexibility index (Phi) is 5.32. The van der Waals surface area contributed by atoms with E-state index in [1.54, 1.807) is 24.3 Å². The predicted octanol–water partition coefficient (Wildman–Crippen LogP) is 3.94. The third-order valence-electron chi connectivity index (χ3n) is 8.80. The Morgan fingerprint density at radius 2 is 1.68 bits per heavy atom. The van der Waals surface area contributed by atoms with E-state index in [1.807, 2.05) is 25.1 Å². The van der Waals surface area contributed by atoms with E-state index >= 15 is 0 Å². The van der Waals surface area contributed by atoms with E-state index in [1.165, 1.54) is 11.9 Å². The number of amides is 4. The van der Waals surface area contributed by atoms with Crippen molar-refractivity contribution in [3.8, 4) is 5.75 Å². The van der Waals surface area contributed by atoms with Gasteiger partial charge in [0.1, 0.15) is 5.75 Å². The number of imide groups is 2. The zero-order valence-corrected chi connectivity index (χ0v) is 21.9. The molecule has 6 rings (SSSR count). The number of rotatable bonds is 3. The molecule has 4 amide bonds. The molecule has 7 nitrogen and oxygen atoms in total. The molecular formula is C28H26Cl2N2O5. The maximum Gasteiger partial charge on any atom is 0.253 e. The first-order chi connectivity index (χ1) is 17.6. The summed E-state index contributed by atoms with van der Waals surface area (Å²) in [5, 5.41) is 11.8. The van der Waals surface area contributed by atoms with Crippen LogP contribution in [0.2, 0.25) is 0 Å². The summed E-state index contributed by atoms with van der Waals surface area (Å²) in [6.45, 7) is 2.25. The van der Waals surface area contributed by atoms with Crippen molar-refractivity contribution in [1.82, 2.24) is 9.80 Å². The smallest absolute Gasteiger partial charge is 0.253 e. The minimum Gasteiger partial charge on any atom is -0.507 e. The number of halogens is 2. The van der Waals surface area contributed by atoms with Crippen LogP contribution in [0.25, 0.3) is 10.8 Å². The quantitative estimate of drug-likeness (QED) is 0.361. The van der Waals surface area contributed by atoms with E-state index in [4.69, 9.17) is 23.2 Å². The van der Waals surface area contributed by atoms with Gasteiger partial charge in [-0.1, -0.05) is 48.9 Å². The molecule has 2 aliphatic carbocycles. The highest BCUT2D eigenvalue weighted by atomic mass is 35.5. The van der Waals surface area contributed by atoms with Crippen molar-refractivity contribution >= 4 is 57.6 Å². The highest BCUT2D eigenvalue weighted by Gasteiger charge is 2.75. The lowest BCUT2D eigenvalue weighted by Crippen LogP contribution is -2.60. The van der Waals surface area contributed by atoms with Crippen LogP contribution in [-0.4, -0.2) is 61.9 Å². The number of allylic oxidation sites excluding steroid dienone is 2. The Labute approximate surface area is 224 Å². The zero-order valence-electron chi connectivity index (χ0n) is 20.4. The molecule has 2 saturated heterocycles. The van der Waals surface area contributed by atoms with Crippen molar-refractivity contribution in [2.45, 2.75) is 41.9 Å². The second kappa shape index (κ2) is 8.05. The van der Waals surface area contributed by atoms with E-state index in [0.717, 1.165) is 10.5 Å². The van der Waals surface area contributed by atoms with Crippen LogP contribution < -0.4 is 0 Å². The van der Waals surface area contributed by atoms with Crippen LogP contribution in [0.15, 0.2) is 48.0 Å². The monoisotopic (exact) mass is 540 g/mol. The van der Waals surface area contributed by atoms with Crippen LogP contribution in [0.3, 0.4) is 0 Å². The van der Waals surface area contributed by atoms with E-state index in [0.29, 0.717) is 35.7 Å². The van der Waals surface area contributed by atoms with Crippen LogP contribution in [-0.2, 0) is 19.2 Å². The average molecular weight is 541 g/mol. The van der Waals surface area contributed by atoms with Crippen molar-refractivity contribution < 1.29 is 24.3 Å². The normalized spacial score (nSPS) is 35.1. The Hall–Kier alpha value is -2.90. The highest BCUT2D eigenvalue weighted by Crippen LogP contribution is 2.65. The SMILES string of the molecule is CCCN1C(=O)[C@H]2[C@H](CC=C3[C@H]2C[C@@]2(Cl)C(=O)N(C)C(=O)[C@@]2(Cl)[C@H]3c2ccc(O)c3ccccc23)C1=O. The summed E-state index contributed by atoms with van der Waals surface area (Å²) in [7, 11) is 1.37. The number of fused-ring (bicyclic) bond motifs is 5. The fourth-order valence-electron chi connectivity index (χ4n) is 7.16. The number of phenols is 1. The first-order valence-electron chi connectivity index (χ1n) is 12.5. The molecule has 37 heavy (non-hydrogen) atoms. The van der Waals surface area contributed by atoms with Crippen LogP contribution in [0.1, 0.15) is 37.7 Å². The van der Waals surface area contributed by atoms with Crippen LogP contribution in [0.4, 0.5) is 0 Å². The number of carbonyl (C=O) groups excluding carboxylic acids is 4. The van der Waals surface area contributed by atoms with Crippen molar-refractivity contribution in [2.75, 3.05) is 13.6 Å². The summed E-state index contributed by atoms with van der Waals surface area (Å²) >= 11 is 14.4. The molecule has 0 radical (unpaired) electrons. The lowest BCUT2D eigenvalue weighted by atomic mass is 9.56. The largest absolute Gasteiger partial charge is 0.507 e. The van der Waals surface area contributed by atoms with E-state index in [-0.39, 0.29) is 24.0 Å². The molecule has 2 aliphatic heterocycles. The second-order valence-corrected chi connectivity index (χ2v) is 11.8. The summed E-state index contributed by atoms with van der Waals surface area (Å²) < 4.78 is 0. The Balaban J connectivity index is 1.61. The molecule has 0 spiro atoms. The molecule has 3 fully saturated rings. The molecular weight excluding hydrogens is 515 g/mol. The molecule has 1 saturated carbocycles. The number of likely N-dealkylation sites (tertiary alicyclic amines) is 2. The molecule has 0 bridgehead atoms. The Morgan fingerprint density at radius 3 is 2.38 bits per heavy atom. The van der Waals surface area contributed by atoms with Gasteiger partial charge in [0.05, 0.1) is 11.8 Å². The number of hydrogen-bond donors (Lipinski definition) is 1. The van der Waals surface area contributed by atoms with Gasteiger partial charge in [0.25, 0.3) is 11.8 Å². The van der Waals surface area contributed by atoms with Crippen LogP contribution in [0.5, 0.6) is 5.75 Å². The molecule has 2 heterocycles. The fourth-order valence-corrected chi connectivity index (χ4v) is 8.17. The zero-order chi connectivity index (χ0) is 26.4. The van der Waals surface area contributed by atoms with Crippen LogP contribution in [0, 0.1) is 17.8 Å². The van der Waals surface area contributed by atoms with Gasteiger partial charge in [0.15, 0.2) is 9.75 Å². The third-order valence-corrected chi connectivity index (χ3v) is 10.2. The fraction of sp³-hybridized carbons (Fsp3) is 0.429. The molecule has 0 unspecified atom stereocenters. The molecule has 1 N–H and O–H groups in total. The summed E-state index contributed by atoms with van der Waals surface area (Å²) in [5.41, 5.74) is 1.39. The van der Waals surface area contributed by atoms with Crippen LogP contribution >= 0.6 is 23.2 Å². The van der Waals surface area contributed by atoms with Gasteiger partial charge in [0, 0.05) is 24.9 Å².